The van der Waals surface area contributed by atoms with Crippen molar-refractivity contribution in [3.63, 3.8) is 0 Å². The fourth-order valence-corrected chi connectivity index (χ4v) is 2.94. The maximum absolute atomic E-state index is 12.6. The maximum Gasteiger partial charge on any atom is 0.270 e. The van der Waals surface area contributed by atoms with Crippen LogP contribution in [0.3, 0.4) is 0 Å². The number of aryl methyl sites for hydroxylation is 1. The van der Waals surface area contributed by atoms with Gasteiger partial charge in [-0.05, 0) is 49.1 Å². The number of nitrogens with one attached hydrogen (secondary N) is 2. The molecule has 0 bridgehead atoms. The summed E-state index contributed by atoms with van der Waals surface area (Å²) < 4.78 is 0. The molecule has 6 heteroatoms. The van der Waals surface area contributed by atoms with E-state index in [9.17, 15) is 9.59 Å². The summed E-state index contributed by atoms with van der Waals surface area (Å²) in [4.78, 5) is 33.1. The summed E-state index contributed by atoms with van der Waals surface area (Å²) in [7, 11) is 0. The average molecular weight is 372 g/mol. The molecule has 2 heterocycles. The first-order valence-electron chi connectivity index (χ1n) is 9.19. The van der Waals surface area contributed by atoms with Gasteiger partial charge in [-0.2, -0.15) is 0 Å². The molecule has 1 aromatic carbocycles. The molecule has 1 saturated carbocycles. The monoisotopic (exact) mass is 372 g/mol. The molecule has 1 aliphatic carbocycles. The summed E-state index contributed by atoms with van der Waals surface area (Å²) in [6.45, 7) is 2.03. The van der Waals surface area contributed by atoms with Crippen molar-refractivity contribution in [2.24, 2.45) is 0 Å². The molecule has 1 aliphatic rings. The number of hydrogen-bond donors (Lipinski definition) is 2. The second kappa shape index (κ2) is 7.60. The average Bonchev–Trinajstić information content (AvgIpc) is 3.52. The molecule has 28 heavy (non-hydrogen) atoms. The van der Waals surface area contributed by atoms with Gasteiger partial charge >= 0.3 is 0 Å². The van der Waals surface area contributed by atoms with Crippen LogP contribution >= 0.6 is 0 Å². The molecule has 2 N–H and O–H groups in total. The van der Waals surface area contributed by atoms with E-state index in [1.165, 1.54) is 12.3 Å². The predicted octanol–water partition coefficient (Wildman–Crippen LogP) is 3.60. The number of amides is 2. The predicted molar refractivity (Wildman–Crippen MR) is 107 cm³/mol. The highest BCUT2D eigenvalue weighted by atomic mass is 16.2. The Morgan fingerprint density at radius 2 is 1.86 bits per heavy atom. The second-order valence-electron chi connectivity index (χ2n) is 6.91. The van der Waals surface area contributed by atoms with Gasteiger partial charge in [0, 0.05) is 29.6 Å². The van der Waals surface area contributed by atoms with E-state index in [2.05, 4.69) is 20.6 Å². The molecule has 140 valence electrons. The van der Waals surface area contributed by atoms with Crippen LogP contribution < -0.4 is 10.6 Å². The number of pyridine rings is 2. The molecule has 0 atom stereocenters. The lowest BCUT2D eigenvalue weighted by molar-refractivity contribution is 0.0946. The van der Waals surface area contributed by atoms with E-state index in [-0.39, 0.29) is 23.6 Å². The van der Waals surface area contributed by atoms with Crippen LogP contribution in [0.1, 0.15) is 39.3 Å². The minimum absolute atomic E-state index is 0.238. The second-order valence-corrected chi connectivity index (χ2v) is 6.91. The largest absolute Gasteiger partial charge is 0.348 e. The van der Waals surface area contributed by atoms with Gasteiger partial charge in [-0.25, -0.2) is 0 Å². The molecule has 6 nitrogen and oxygen atoms in total. The minimum Gasteiger partial charge on any atom is -0.348 e. The standard InChI is InChI=1S/C22H20N4O2/c1-14-4-2-3-5-19(14)16-10-18(13-23-12-16)26-21(27)15-8-9-24-20(11-15)22(28)25-17-6-7-17/h2-5,8-13,17H,6-7H2,1H3,(H,25,28)(H,26,27). The summed E-state index contributed by atoms with van der Waals surface area (Å²) in [6.07, 6.45) is 6.83. The molecular formula is C22H20N4O2. The first kappa shape index (κ1) is 17.9. The lowest BCUT2D eigenvalue weighted by Crippen LogP contribution is -2.26. The van der Waals surface area contributed by atoms with Crippen molar-refractivity contribution >= 4 is 17.5 Å². The Balaban J connectivity index is 1.52. The van der Waals surface area contributed by atoms with E-state index in [0.717, 1.165) is 29.5 Å². The Morgan fingerprint density at radius 3 is 2.64 bits per heavy atom. The lowest BCUT2D eigenvalue weighted by Gasteiger charge is -2.09. The van der Waals surface area contributed by atoms with Crippen molar-refractivity contribution in [1.82, 2.24) is 15.3 Å². The third-order valence-electron chi connectivity index (χ3n) is 4.62. The lowest BCUT2D eigenvalue weighted by atomic mass is 10.0. The van der Waals surface area contributed by atoms with Crippen LogP contribution in [0.4, 0.5) is 5.69 Å². The molecule has 2 amide bonds. The Hall–Kier alpha value is -3.54. The molecule has 1 fully saturated rings. The van der Waals surface area contributed by atoms with Crippen molar-refractivity contribution in [2.45, 2.75) is 25.8 Å². The topological polar surface area (TPSA) is 84.0 Å². The molecular weight excluding hydrogens is 352 g/mol. The first-order chi connectivity index (χ1) is 13.6. The fourth-order valence-electron chi connectivity index (χ4n) is 2.94. The SMILES string of the molecule is Cc1ccccc1-c1cncc(NC(=O)c2ccnc(C(=O)NC3CC3)c2)c1. The fraction of sp³-hybridized carbons (Fsp3) is 0.182. The van der Waals surface area contributed by atoms with E-state index in [0.29, 0.717) is 11.3 Å². The minimum atomic E-state index is -0.313. The van der Waals surface area contributed by atoms with E-state index in [4.69, 9.17) is 0 Å². The van der Waals surface area contributed by atoms with Crippen LogP contribution in [-0.2, 0) is 0 Å². The number of anilines is 1. The summed E-state index contributed by atoms with van der Waals surface area (Å²) in [5.41, 5.74) is 4.33. The van der Waals surface area contributed by atoms with Crippen LogP contribution in [0.25, 0.3) is 11.1 Å². The highest BCUT2D eigenvalue weighted by Crippen LogP contribution is 2.25. The maximum atomic E-state index is 12.6. The number of nitrogens with zero attached hydrogens (tertiary/aromatic N) is 2. The zero-order valence-electron chi connectivity index (χ0n) is 15.5. The van der Waals surface area contributed by atoms with Crippen molar-refractivity contribution in [2.75, 3.05) is 5.32 Å². The van der Waals surface area contributed by atoms with Gasteiger partial charge in [0.25, 0.3) is 11.8 Å². The van der Waals surface area contributed by atoms with E-state index in [1.807, 2.05) is 37.3 Å². The van der Waals surface area contributed by atoms with Crippen molar-refractivity contribution < 1.29 is 9.59 Å². The van der Waals surface area contributed by atoms with E-state index < -0.39 is 0 Å². The number of aromatic nitrogens is 2. The van der Waals surface area contributed by atoms with Gasteiger partial charge < -0.3 is 10.6 Å². The number of hydrogen-bond acceptors (Lipinski definition) is 4. The quantitative estimate of drug-likeness (QED) is 0.717. The molecule has 0 unspecified atom stereocenters. The molecule has 3 aromatic rings. The first-order valence-corrected chi connectivity index (χ1v) is 9.19. The van der Waals surface area contributed by atoms with Crippen molar-refractivity contribution in [3.8, 4) is 11.1 Å². The smallest absolute Gasteiger partial charge is 0.270 e. The summed E-state index contributed by atoms with van der Waals surface area (Å²) in [5, 5.41) is 5.72. The zero-order chi connectivity index (χ0) is 19.5. The molecule has 0 spiro atoms. The van der Waals surface area contributed by atoms with Gasteiger partial charge in [0.2, 0.25) is 0 Å². The number of carbonyl (C=O) groups is 2. The van der Waals surface area contributed by atoms with Crippen LogP contribution in [0, 0.1) is 6.92 Å². The number of benzene rings is 1. The molecule has 2 aromatic heterocycles. The van der Waals surface area contributed by atoms with Gasteiger partial charge in [0.15, 0.2) is 0 Å². The molecule has 0 radical (unpaired) electrons. The Morgan fingerprint density at radius 1 is 1.04 bits per heavy atom. The summed E-state index contributed by atoms with van der Waals surface area (Å²) >= 11 is 0. The highest BCUT2D eigenvalue weighted by molar-refractivity contribution is 6.05. The third-order valence-corrected chi connectivity index (χ3v) is 4.62. The van der Waals surface area contributed by atoms with Crippen LogP contribution in [0.5, 0.6) is 0 Å². The van der Waals surface area contributed by atoms with E-state index in [1.54, 1.807) is 18.5 Å². The normalized spacial score (nSPS) is 13.0. The summed E-state index contributed by atoms with van der Waals surface area (Å²) in [5.74, 6) is -0.563. The Labute approximate surface area is 163 Å². The van der Waals surface area contributed by atoms with Gasteiger partial charge in [-0.15, -0.1) is 0 Å². The molecule has 0 aliphatic heterocycles. The molecule has 0 saturated heterocycles. The van der Waals surface area contributed by atoms with Crippen LogP contribution in [0.2, 0.25) is 0 Å². The highest BCUT2D eigenvalue weighted by Gasteiger charge is 2.24. The van der Waals surface area contributed by atoms with Crippen LogP contribution in [0.15, 0.2) is 61.1 Å². The van der Waals surface area contributed by atoms with Crippen molar-refractivity contribution in [3.05, 3.63) is 77.9 Å². The van der Waals surface area contributed by atoms with Gasteiger partial charge in [-0.1, -0.05) is 24.3 Å². The number of carbonyl (C=O) groups excluding carboxylic acids is 2. The van der Waals surface area contributed by atoms with E-state index >= 15 is 0 Å². The Bertz CT molecular complexity index is 1040. The summed E-state index contributed by atoms with van der Waals surface area (Å²) in [6, 6.07) is 13.2. The van der Waals surface area contributed by atoms with Gasteiger partial charge in [0.05, 0.1) is 11.9 Å². The zero-order valence-corrected chi connectivity index (χ0v) is 15.5. The third kappa shape index (κ3) is 4.06. The van der Waals surface area contributed by atoms with Gasteiger partial charge in [0.1, 0.15) is 5.69 Å². The molecule has 4 rings (SSSR count). The Kier molecular flexibility index (Phi) is 4.85. The van der Waals surface area contributed by atoms with Crippen molar-refractivity contribution in [1.29, 1.82) is 0 Å². The number of rotatable bonds is 5. The van der Waals surface area contributed by atoms with Gasteiger partial charge in [-0.3, -0.25) is 19.6 Å². The van der Waals surface area contributed by atoms with Crippen LogP contribution in [-0.4, -0.2) is 27.8 Å².